The predicted octanol–water partition coefficient (Wildman–Crippen LogP) is 2.87. The zero-order valence-corrected chi connectivity index (χ0v) is 10.5. The molecule has 0 N–H and O–H groups in total. The van der Waals surface area contributed by atoms with Crippen molar-refractivity contribution >= 4 is 11.8 Å². The fourth-order valence-electron chi connectivity index (χ4n) is 2.56. The fraction of sp³-hybridized carbons (Fsp3) is 0.846. The third-order valence-electron chi connectivity index (χ3n) is 3.55. The molecule has 1 aliphatic rings. The molecule has 1 fully saturated rings. The molecule has 3 nitrogen and oxygen atoms in total. The number of Topliss-reactive ketones (excluding diaryl/α,β-unsaturated/α-hetero) is 1. The van der Waals surface area contributed by atoms with Gasteiger partial charge in [0.2, 0.25) is 0 Å². The minimum absolute atomic E-state index is 0.117. The lowest BCUT2D eigenvalue weighted by Crippen LogP contribution is -2.43. The van der Waals surface area contributed by atoms with E-state index in [2.05, 4.69) is 6.92 Å². The van der Waals surface area contributed by atoms with E-state index in [0.717, 1.165) is 25.7 Å². The van der Waals surface area contributed by atoms with Gasteiger partial charge in [-0.1, -0.05) is 26.7 Å². The molecule has 2 unspecified atom stereocenters. The van der Waals surface area contributed by atoms with Crippen LogP contribution in [-0.4, -0.2) is 17.4 Å². The Morgan fingerprint density at radius 1 is 1.50 bits per heavy atom. The molecule has 0 aliphatic heterocycles. The molecule has 16 heavy (non-hydrogen) atoms. The van der Waals surface area contributed by atoms with Crippen LogP contribution in [0.15, 0.2) is 0 Å². The Bertz CT molecular complexity index is 272. The van der Waals surface area contributed by atoms with Crippen LogP contribution < -0.4 is 0 Å². The number of hydrogen-bond acceptors (Lipinski definition) is 3. The molecular weight excluding hydrogens is 204 g/mol. The SMILES string of the molecule is CCCCCC1(OC(C)=O)C(=O)CCC1C. The van der Waals surface area contributed by atoms with Crippen molar-refractivity contribution in [2.24, 2.45) is 5.92 Å². The number of ketones is 1. The van der Waals surface area contributed by atoms with Gasteiger partial charge >= 0.3 is 5.97 Å². The molecule has 0 saturated heterocycles. The van der Waals surface area contributed by atoms with Gasteiger partial charge in [-0.3, -0.25) is 9.59 Å². The number of hydrogen-bond donors (Lipinski definition) is 0. The molecular formula is C13H22O3. The van der Waals surface area contributed by atoms with Crippen molar-refractivity contribution in [2.45, 2.75) is 64.9 Å². The number of esters is 1. The number of ether oxygens (including phenoxy) is 1. The normalized spacial score (nSPS) is 29.4. The van der Waals surface area contributed by atoms with Crippen molar-refractivity contribution in [3.8, 4) is 0 Å². The van der Waals surface area contributed by atoms with Crippen molar-refractivity contribution in [3.05, 3.63) is 0 Å². The van der Waals surface area contributed by atoms with Gasteiger partial charge in [-0.05, 0) is 19.3 Å². The summed E-state index contributed by atoms with van der Waals surface area (Å²) in [6.07, 6.45) is 5.25. The Hall–Kier alpha value is -0.860. The van der Waals surface area contributed by atoms with E-state index in [1.165, 1.54) is 6.92 Å². The van der Waals surface area contributed by atoms with Gasteiger partial charge in [0.1, 0.15) is 0 Å². The van der Waals surface area contributed by atoms with E-state index in [4.69, 9.17) is 4.74 Å². The monoisotopic (exact) mass is 226 g/mol. The molecule has 0 aromatic carbocycles. The summed E-state index contributed by atoms with van der Waals surface area (Å²) in [5.74, 6) is -0.0503. The number of carbonyl (C=O) groups excluding carboxylic acids is 2. The van der Waals surface area contributed by atoms with Gasteiger partial charge in [0.05, 0.1) is 0 Å². The third kappa shape index (κ3) is 2.63. The van der Waals surface area contributed by atoms with Crippen LogP contribution >= 0.6 is 0 Å². The lowest BCUT2D eigenvalue weighted by atomic mass is 9.86. The second-order valence-corrected chi connectivity index (χ2v) is 4.80. The van der Waals surface area contributed by atoms with Gasteiger partial charge in [0.25, 0.3) is 0 Å². The van der Waals surface area contributed by atoms with Crippen LogP contribution in [0.1, 0.15) is 59.3 Å². The highest BCUT2D eigenvalue weighted by atomic mass is 16.6. The van der Waals surface area contributed by atoms with E-state index in [1.807, 2.05) is 6.92 Å². The Labute approximate surface area is 97.5 Å². The summed E-state index contributed by atoms with van der Waals surface area (Å²) in [6.45, 7) is 5.53. The third-order valence-corrected chi connectivity index (χ3v) is 3.55. The molecule has 0 radical (unpaired) electrons. The molecule has 3 heteroatoms. The van der Waals surface area contributed by atoms with Gasteiger partial charge < -0.3 is 4.74 Å². The van der Waals surface area contributed by atoms with Gasteiger partial charge in [0, 0.05) is 19.3 Å². The Balaban J connectivity index is 2.74. The maximum absolute atomic E-state index is 12.0. The maximum atomic E-state index is 12.0. The minimum Gasteiger partial charge on any atom is -0.451 e. The van der Waals surface area contributed by atoms with E-state index in [1.54, 1.807) is 0 Å². The van der Waals surface area contributed by atoms with E-state index in [-0.39, 0.29) is 17.7 Å². The summed E-state index contributed by atoms with van der Waals surface area (Å²) < 4.78 is 5.38. The summed E-state index contributed by atoms with van der Waals surface area (Å²) in [5.41, 5.74) is -0.805. The molecule has 0 bridgehead atoms. The van der Waals surface area contributed by atoms with E-state index in [0.29, 0.717) is 12.8 Å². The summed E-state index contributed by atoms with van der Waals surface area (Å²) in [6, 6.07) is 0. The minimum atomic E-state index is -0.805. The average molecular weight is 226 g/mol. The molecule has 0 amide bonds. The molecule has 0 aromatic heterocycles. The summed E-state index contributed by atoms with van der Waals surface area (Å²) >= 11 is 0. The Kier molecular flexibility index (Phi) is 4.51. The average Bonchev–Trinajstić information content (AvgIpc) is 2.47. The zero-order valence-electron chi connectivity index (χ0n) is 10.5. The van der Waals surface area contributed by atoms with Crippen molar-refractivity contribution in [3.63, 3.8) is 0 Å². The quantitative estimate of drug-likeness (QED) is 0.535. The first-order valence-electron chi connectivity index (χ1n) is 6.25. The van der Waals surface area contributed by atoms with Crippen LogP contribution in [0.2, 0.25) is 0 Å². The standard InChI is InChI=1S/C13H22O3/c1-4-5-6-9-13(16-11(3)14)10(2)7-8-12(13)15/h10H,4-9H2,1-3H3. The van der Waals surface area contributed by atoms with Crippen LogP contribution in [0.5, 0.6) is 0 Å². The van der Waals surface area contributed by atoms with Gasteiger partial charge in [-0.15, -0.1) is 0 Å². The van der Waals surface area contributed by atoms with Crippen molar-refractivity contribution in [1.82, 2.24) is 0 Å². The fourth-order valence-corrected chi connectivity index (χ4v) is 2.56. The predicted molar refractivity (Wildman–Crippen MR) is 62.0 cm³/mol. The maximum Gasteiger partial charge on any atom is 0.303 e. The van der Waals surface area contributed by atoms with Crippen molar-refractivity contribution in [1.29, 1.82) is 0 Å². The number of unbranched alkanes of at least 4 members (excludes halogenated alkanes) is 2. The van der Waals surface area contributed by atoms with Crippen molar-refractivity contribution < 1.29 is 14.3 Å². The molecule has 0 spiro atoms. The number of carbonyl (C=O) groups is 2. The largest absolute Gasteiger partial charge is 0.451 e. The van der Waals surface area contributed by atoms with Crippen LogP contribution in [0.4, 0.5) is 0 Å². The van der Waals surface area contributed by atoms with Crippen LogP contribution in [0, 0.1) is 5.92 Å². The van der Waals surface area contributed by atoms with Gasteiger partial charge in [-0.25, -0.2) is 0 Å². The molecule has 92 valence electrons. The highest BCUT2D eigenvalue weighted by molar-refractivity contribution is 5.91. The summed E-state index contributed by atoms with van der Waals surface area (Å²) in [5, 5.41) is 0. The van der Waals surface area contributed by atoms with Crippen LogP contribution in [0.25, 0.3) is 0 Å². The second-order valence-electron chi connectivity index (χ2n) is 4.80. The molecule has 0 aromatic rings. The highest BCUT2D eigenvalue weighted by Crippen LogP contribution is 2.39. The van der Waals surface area contributed by atoms with Gasteiger partial charge in [0.15, 0.2) is 11.4 Å². The first kappa shape index (κ1) is 13.2. The van der Waals surface area contributed by atoms with E-state index >= 15 is 0 Å². The molecule has 1 aliphatic carbocycles. The first-order chi connectivity index (χ1) is 7.53. The molecule has 2 atom stereocenters. The topological polar surface area (TPSA) is 43.4 Å². The Morgan fingerprint density at radius 3 is 2.62 bits per heavy atom. The lowest BCUT2D eigenvalue weighted by Gasteiger charge is -2.31. The molecule has 1 rings (SSSR count). The summed E-state index contributed by atoms with van der Waals surface area (Å²) in [7, 11) is 0. The van der Waals surface area contributed by atoms with Crippen LogP contribution in [0.3, 0.4) is 0 Å². The highest BCUT2D eigenvalue weighted by Gasteiger charge is 2.49. The van der Waals surface area contributed by atoms with Crippen LogP contribution in [-0.2, 0) is 14.3 Å². The second kappa shape index (κ2) is 5.46. The lowest BCUT2D eigenvalue weighted by molar-refractivity contribution is -0.168. The smallest absolute Gasteiger partial charge is 0.303 e. The van der Waals surface area contributed by atoms with Gasteiger partial charge in [-0.2, -0.15) is 0 Å². The van der Waals surface area contributed by atoms with E-state index < -0.39 is 5.60 Å². The zero-order chi connectivity index (χ0) is 12.2. The Morgan fingerprint density at radius 2 is 2.19 bits per heavy atom. The number of rotatable bonds is 5. The molecule has 1 saturated carbocycles. The first-order valence-corrected chi connectivity index (χ1v) is 6.25. The van der Waals surface area contributed by atoms with Crippen molar-refractivity contribution in [2.75, 3.05) is 0 Å². The van der Waals surface area contributed by atoms with E-state index in [9.17, 15) is 9.59 Å². The summed E-state index contributed by atoms with van der Waals surface area (Å²) in [4.78, 5) is 23.1. The molecule has 0 heterocycles.